The average molecular weight is 345 g/mol. The Morgan fingerprint density at radius 2 is 1.83 bits per heavy atom. The van der Waals surface area contributed by atoms with E-state index >= 15 is 0 Å². The SMILES string of the molecule is O=S(Cc1ccc(CO)cc1)Cc1ncc(-c2cccc(F)c2)o1. The standard InChI is InChI=1S/C18H16FNO3S/c19-16-3-1-2-15(8-16)17-9-20-18(23-17)12-24(22)11-14-6-4-13(10-21)5-7-14/h1-9,21H,10-12H2. The van der Waals surface area contributed by atoms with Crippen LogP contribution < -0.4 is 0 Å². The molecule has 2 aromatic carbocycles. The van der Waals surface area contributed by atoms with Crippen molar-refractivity contribution in [2.45, 2.75) is 18.1 Å². The number of benzene rings is 2. The van der Waals surface area contributed by atoms with Crippen molar-refractivity contribution in [3.63, 3.8) is 0 Å². The monoisotopic (exact) mass is 345 g/mol. The second kappa shape index (κ2) is 7.51. The molecule has 124 valence electrons. The molecule has 4 nitrogen and oxygen atoms in total. The van der Waals surface area contributed by atoms with Gasteiger partial charge in [-0.2, -0.15) is 0 Å². The fraction of sp³-hybridized carbons (Fsp3) is 0.167. The number of aromatic nitrogens is 1. The quantitative estimate of drug-likeness (QED) is 0.743. The van der Waals surface area contributed by atoms with E-state index in [4.69, 9.17) is 9.52 Å². The second-order valence-corrected chi connectivity index (χ2v) is 6.79. The Hall–Kier alpha value is -2.31. The molecule has 0 aliphatic carbocycles. The summed E-state index contributed by atoms with van der Waals surface area (Å²) >= 11 is 0. The van der Waals surface area contributed by atoms with Gasteiger partial charge < -0.3 is 9.52 Å². The van der Waals surface area contributed by atoms with Gasteiger partial charge in [-0.3, -0.25) is 4.21 Å². The first-order valence-corrected chi connectivity index (χ1v) is 8.87. The zero-order valence-electron chi connectivity index (χ0n) is 12.8. The van der Waals surface area contributed by atoms with Gasteiger partial charge in [-0.25, -0.2) is 9.37 Å². The molecule has 0 saturated heterocycles. The van der Waals surface area contributed by atoms with E-state index in [1.54, 1.807) is 24.3 Å². The van der Waals surface area contributed by atoms with Gasteiger partial charge in [0, 0.05) is 22.1 Å². The van der Waals surface area contributed by atoms with Crippen LogP contribution in [0.2, 0.25) is 0 Å². The molecule has 1 heterocycles. The lowest BCUT2D eigenvalue weighted by molar-refractivity contribution is 0.282. The molecule has 0 aliphatic rings. The molecule has 3 rings (SSSR count). The van der Waals surface area contributed by atoms with Gasteiger partial charge in [0.1, 0.15) is 11.6 Å². The smallest absolute Gasteiger partial charge is 0.207 e. The van der Waals surface area contributed by atoms with Crippen LogP contribution >= 0.6 is 0 Å². The highest BCUT2D eigenvalue weighted by molar-refractivity contribution is 7.83. The van der Waals surface area contributed by atoms with E-state index in [-0.39, 0.29) is 18.2 Å². The highest BCUT2D eigenvalue weighted by Crippen LogP contribution is 2.22. The highest BCUT2D eigenvalue weighted by Gasteiger charge is 2.11. The Balaban J connectivity index is 1.64. The molecular weight excluding hydrogens is 329 g/mol. The number of rotatable bonds is 6. The van der Waals surface area contributed by atoms with Crippen LogP contribution in [0.25, 0.3) is 11.3 Å². The van der Waals surface area contributed by atoms with Crippen molar-refractivity contribution in [1.82, 2.24) is 4.98 Å². The third-order valence-corrected chi connectivity index (χ3v) is 4.70. The summed E-state index contributed by atoms with van der Waals surface area (Å²) in [5.74, 6) is 1.04. The first-order chi connectivity index (χ1) is 11.6. The third-order valence-electron chi connectivity index (χ3n) is 3.48. The van der Waals surface area contributed by atoms with Crippen LogP contribution in [0.4, 0.5) is 4.39 Å². The van der Waals surface area contributed by atoms with E-state index in [1.165, 1.54) is 18.3 Å². The Morgan fingerprint density at radius 3 is 2.54 bits per heavy atom. The number of oxazole rings is 1. The third kappa shape index (κ3) is 4.15. The lowest BCUT2D eigenvalue weighted by Gasteiger charge is -2.02. The van der Waals surface area contributed by atoms with Crippen LogP contribution in [-0.4, -0.2) is 14.3 Å². The molecule has 1 aromatic heterocycles. The van der Waals surface area contributed by atoms with Gasteiger partial charge >= 0.3 is 0 Å². The maximum absolute atomic E-state index is 13.2. The predicted molar refractivity (Wildman–Crippen MR) is 89.8 cm³/mol. The van der Waals surface area contributed by atoms with Crippen LogP contribution in [0.1, 0.15) is 17.0 Å². The Kier molecular flexibility index (Phi) is 5.17. The number of halogens is 1. The number of hydrogen-bond acceptors (Lipinski definition) is 4. The number of aliphatic hydroxyl groups excluding tert-OH is 1. The van der Waals surface area contributed by atoms with Gasteiger partial charge in [0.15, 0.2) is 5.76 Å². The lowest BCUT2D eigenvalue weighted by Crippen LogP contribution is -2.00. The zero-order valence-corrected chi connectivity index (χ0v) is 13.6. The van der Waals surface area contributed by atoms with Crippen LogP contribution in [0.15, 0.2) is 59.1 Å². The maximum Gasteiger partial charge on any atom is 0.207 e. The van der Waals surface area contributed by atoms with Crippen molar-refractivity contribution in [2.24, 2.45) is 0 Å². The highest BCUT2D eigenvalue weighted by atomic mass is 32.2. The minimum atomic E-state index is -1.17. The van der Waals surface area contributed by atoms with E-state index in [1.807, 2.05) is 12.1 Å². The fourth-order valence-corrected chi connectivity index (χ4v) is 3.34. The lowest BCUT2D eigenvalue weighted by atomic mass is 10.2. The van der Waals surface area contributed by atoms with Gasteiger partial charge in [-0.15, -0.1) is 0 Å². The zero-order chi connectivity index (χ0) is 16.9. The summed E-state index contributed by atoms with van der Waals surface area (Å²) in [6, 6.07) is 13.4. The van der Waals surface area contributed by atoms with E-state index in [2.05, 4.69) is 4.98 Å². The molecule has 6 heteroatoms. The van der Waals surface area contributed by atoms with E-state index in [9.17, 15) is 8.60 Å². The Morgan fingerprint density at radius 1 is 1.08 bits per heavy atom. The molecule has 0 saturated carbocycles. The van der Waals surface area contributed by atoms with Crippen molar-refractivity contribution >= 4 is 10.8 Å². The molecule has 1 unspecified atom stereocenters. The Labute approximate surface area is 141 Å². The minimum absolute atomic E-state index is 0.0114. The summed E-state index contributed by atoms with van der Waals surface area (Å²) in [5, 5.41) is 9.01. The van der Waals surface area contributed by atoms with Gasteiger partial charge in [-0.1, -0.05) is 36.4 Å². The van der Waals surface area contributed by atoms with Gasteiger partial charge in [0.25, 0.3) is 0 Å². The number of nitrogens with zero attached hydrogens (tertiary/aromatic N) is 1. The summed E-state index contributed by atoms with van der Waals surface area (Å²) in [4.78, 5) is 4.12. The normalized spacial score (nSPS) is 12.2. The molecule has 0 bridgehead atoms. The summed E-state index contributed by atoms with van der Waals surface area (Å²) in [6.07, 6.45) is 1.51. The molecule has 0 radical (unpaired) electrons. The van der Waals surface area contributed by atoms with Gasteiger partial charge in [0.2, 0.25) is 5.89 Å². The maximum atomic E-state index is 13.2. The topological polar surface area (TPSA) is 63.3 Å². The summed E-state index contributed by atoms with van der Waals surface area (Å²) < 4.78 is 31.0. The fourth-order valence-electron chi connectivity index (χ4n) is 2.27. The minimum Gasteiger partial charge on any atom is -0.440 e. The van der Waals surface area contributed by atoms with Gasteiger partial charge in [0.05, 0.1) is 12.8 Å². The molecule has 0 amide bonds. The van der Waals surface area contributed by atoms with Crippen LogP contribution in [0.5, 0.6) is 0 Å². The predicted octanol–water partition coefficient (Wildman–Crippen LogP) is 3.42. The largest absolute Gasteiger partial charge is 0.440 e. The molecule has 1 N–H and O–H groups in total. The van der Waals surface area contributed by atoms with E-state index in [0.717, 1.165) is 11.1 Å². The summed E-state index contributed by atoms with van der Waals surface area (Å²) in [5.41, 5.74) is 2.33. The molecular formula is C18H16FNO3S. The number of hydrogen-bond donors (Lipinski definition) is 1. The van der Waals surface area contributed by atoms with Crippen LogP contribution in [-0.2, 0) is 28.9 Å². The van der Waals surface area contributed by atoms with Crippen molar-refractivity contribution in [3.05, 3.63) is 77.6 Å². The van der Waals surface area contributed by atoms with Crippen LogP contribution in [0.3, 0.4) is 0 Å². The second-order valence-electron chi connectivity index (χ2n) is 5.33. The number of aliphatic hydroxyl groups is 1. The van der Waals surface area contributed by atoms with Gasteiger partial charge in [-0.05, 0) is 23.3 Å². The molecule has 0 fully saturated rings. The van der Waals surface area contributed by atoms with Crippen molar-refractivity contribution in [2.75, 3.05) is 0 Å². The van der Waals surface area contributed by atoms with Crippen molar-refractivity contribution in [3.8, 4) is 11.3 Å². The molecule has 0 spiro atoms. The Bertz CT molecular complexity index is 845. The molecule has 0 aliphatic heterocycles. The summed E-state index contributed by atoms with van der Waals surface area (Å²) in [6.45, 7) is -0.0114. The summed E-state index contributed by atoms with van der Waals surface area (Å²) in [7, 11) is -1.17. The van der Waals surface area contributed by atoms with E-state index < -0.39 is 10.8 Å². The molecule has 1 atom stereocenters. The van der Waals surface area contributed by atoms with Crippen molar-refractivity contribution in [1.29, 1.82) is 0 Å². The molecule has 24 heavy (non-hydrogen) atoms. The van der Waals surface area contributed by atoms with Crippen molar-refractivity contribution < 1.29 is 18.1 Å². The molecule has 3 aromatic rings. The average Bonchev–Trinajstić information content (AvgIpc) is 3.04. The first kappa shape index (κ1) is 16.5. The first-order valence-electron chi connectivity index (χ1n) is 7.38. The van der Waals surface area contributed by atoms with E-state index in [0.29, 0.717) is 23.0 Å². The van der Waals surface area contributed by atoms with Crippen LogP contribution in [0, 0.1) is 5.82 Å².